The lowest BCUT2D eigenvalue weighted by atomic mass is 10.1. The number of hydrogen-bond acceptors (Lipinski definition) is 1. The van der Waals surface area contributed by atoms with E-state index in [-0.39, 0.29) is 5.56 Å². The fourth-order valence-corrected chi connectivity index (χ4v) is 2.27. The lowest BCUT2D eigenvalue weighted by Gasteiger charge is -2.11. The Bertz CT molecular complexity index is 663. The highest BCUT2D eigenvalue weighted by Crippen LogP contribution is 2.27. The number of benzene rings is 2. The normalized spacial score (nSPS) is 10.4. The summed E-state index contributed by atoms with van der Waals surface area (Å²) in [6, 6.07) is 6.56. The molecule has 0 aromatic heterocycles. The SMILES string of the molecule is Cc1cc(C)c(NC(=O)c2ccc(F)c(F)c2)c(Cl)c1. The van der Waals surface area contributed by atoms with Crippen LogP contribution in [0.3, 0.4) is 0 Å². The summed E-state index contributed by atoms with van der Waals surface area (Å²) in [6.45, 7) is 3.69. The molecular formula is C15H12ClF2NO. The fraction of sp³-hybridized carbons (Fsp3) is 0.133. The Balaban J connectivity index is 2.30. The third kappa shape index (κ3) is 2.96. The van der Waals surface area contributed by atoms with Crippen molar-refractivity contribution in [3.63, 3.8) is 0 Å². The van der Waals surface area contributed by atoms with Crippen molar-refractivity contribution in [2.24, 2.45) is 0 Å². The highest BCUT2D eigenvalue weighted by molar-refractivity contribution is 6.34. The molecule has 1 N–H and O–H groups in total. The Morgan fingerprint density at radius 3 is 2.40 bits per heavy atom. The van der Waals surface area contributed by atoms with E-state index < -0.39 is 17.5 Å². The van der Waals surface area contributed by atoms with Crippen molar-refractivity contribution in [1.29, 1.82) is 0 Å². The van der Waals surface area contributed by atoms with Crippen LogP contribution in [-0.2, 0) is 0 Å². The summed E-state index contributed by atoms with van der Waals surface area (Å²) in [5, 5.41) is 3.01. The quantitative estimate of drug-likeness (QED) is 0.869. The summed E-state index contributed by atoms with van der Waals surface area (Å²) >= 11 is 6.07. The number of aryl methyl sites for hydroxylation is 2. The second-order valence-corrected chi connectivity index (χ2v) is 4.93. The number of hydrogen-bond donors (Lipinski definition) is 1. The Labute approximate surface area is 120 Å². The summed E-state index contributed by atoms with van der Waals surface area (Å²) < 4.78 is 25.9. The van der Waals surface area contributed by atoms with Crippen LogP contribution in [-0.4, -0.2) is 5.91 Å². The molecule has 5 heteroatoms. The van der Waals surface area contributed by atoms with Crippen molar-refractivity contribution in [2.75, 3.05) is 5.32 Å². The van der Waals surface area contributed by atoms with E-state index in [1.165, 1.54) is 6.07 Å². The molecule has 2 aromatic carbocycles. The first kappa shape index (κ1) is 14.5. The minimum Gasteiger partial charge on any atom is -0.320 e. The number of rotatable bonds is 2. The molecule has 0 saturated carbocycles. The van der Waals surface area contributed by atoms with Gasteiger partial charge in [-0.2, -0.15) is 0 Å². The molecule has 0 aliphatic carbocycles. The Kier molecular flexibility index (Phi) is 4.04. The molecule has 0 bridgehead atoms. The molecule has 0 atom stereocenters. The molecule has 104 valence electrons. The lowest BCUT2D eigenvalue weighted by Crippen LogP contribution is -2.13. The summed E-state index contributed by atoms with van der Waals surface area (Å²) in [7, 11) is 0. The smallest absolute Gasteiger partial charge is 0.255 e. The molecule has 1 amide bonds. The maximum absolute atomic E-state index is 13.1. The van der Waals surface area contributed by atoms with Crippen LogP contribution in [0.4, 0.5) is 14.5 Å². The van der Waals surface area contributed by atoms with Gasteiger partial charge in [0.1, 0.15) is 0 Å². The summed E-state index contributed by atoms with van der Waals surface area (Å²) in [5.74, 6) is -2.60. The molecule has 0 fully saturated rings. The average Bonchev–Trinajstić information content (AvgIpc) is 2.36. The van der Waals surface area contributed by atoms with E-state index in [9.17, 15) is 13.6 Å². The molecule has 0 heterocycles. The summed E-state index contributed by atoms with van der Waals surface area (Å²) in [5.41, 5.74) is 2.26. The molecule has 2 nitrogen and oxygen atoms in total. The van der Waals surface area contributed by atoms with Gasteiger partial charge in [-0.15, -0.1) is 0 Å². The third-order valence-electron chi connectivity index (χ3n) is 2.85. The zero-order valence-corrected chi connectivity index (χ0v) is 11.7. The van der Waals surface area contributed by atoms with Crippen LogP contribution in [0.2, 0.25) is 5.02 Å². The van der Waals surface area contributed by atoms with Crippen LogP contribution < -0.4 is 5.32 Å². The summed E-state index contributed by atoms with van der Waals surface area (Å²) in [6.07, 6.45) is 0. The summed E-state index contributed by atoms with van der Waals surface area (Å²) in [4.78, 5) is 12.0. The van der Waals surface area contributed by atoms with Gasteiger partial charge >= 0.3 is 0 Å². The molecule has 0 radical (unpaired) electrons. The van der Waals surface area contributed by atoms with Crippen LogP contribution in [0.1, 0.15) is 21.5 Å². The van der Waals surface area contributed by atoms with Gasteiger partial charge in [0, 0.05) is 5.56 Å². The van der Waals surface area contributed by atoms with Crippen LogP contribution >= 0.6 is 11.6 Å². The second-order valence-electron chi connectivity index (χ2n) is 4.52. The zero-order chi connectivity index (χ0) is 14.9. The van der Waals surface area contributed by atoms with Gasteiger partial charge in [-0.3, -0.25) is 4.79 Å². The predicted molar refractivity (Wildman–Crippen MR) is 75.2 cm³/mol. The van der Waals surface area contributed by atoms with E-state index in [2.05, 4.69) is 5.32 Å². The van der Waals surface area contributed by atoms with Gasteiger partial charge in [0.25, 0.3) is 5.91 Å². The molecule has 0 unspecified atom stereocenters. The first-order chi connectivity index (χ1) is 9.38. The third-order valence-corrected chi connectivity index (χ3v) is 3.15. The van der Waals surface area contributed by atoms with Gasteiger partial charge in [-0.1, -0.05) is 17.7 Å². The van der Waals surface area contributed by atoms with Gasteiger partial charge in [-0.25, -0.2) is 8.78 Å². The topological polar surface area (TPSA) is 29.1 Å². The van der Waals surface area contributed by atoms with E-state index in [1.54, 1.807) is 13.0 Å². The van der Waals surface area contributed by atoms with Crippen molar-refractivity contribution < 1.29 is 13.6 Å². The van der Waals surface area contributed by atoms with Crippen molar-refractivity contribution >= 4 is 23.2 Å². The fourth-order valence-electron chi connectivity index (χ4n) is 1.90. The molecule has 20 heavy (non-hydrogen) atoms. The zero-order valence-electron chi connectivity index (χ0n) is 10.9. The Hall–Kier alpha value is -1.94. The lowest BCUT2D eigenvalue weighted by molar-refractivity contribution is 0.102. The van der Waals surface area contributed by atoms with Gasteiger partial charge in [-0.05, 0) is 49.2 Å². The van der Waals surface area contributed by atoms with Crippen LogP contribution in [0.15, 0.2) is 30.3 Å². The highest BCUT2D eigenvalue weighted by Gasteiger charge is 2.13. The van der Waals surface area contributed by atoms with Gasteiger partial charge < -0.3 is 5.32 Å². The molecule has 2 aromatic rings. The van der Waals surface area contributed by atoms with Gasteiger partial charge in [0.05, 0.1) is 10.7 Å². The number of carbonyl (C=O) groups excluding carboxylic acids is 1. The minimum atomic E-state index is -1.07. The van der Waals surface area contributed by atoms with Crippen molar-refractivity contribution in [1.82, 2.24) is 0 Å². The predicted octanol–water partition coefficient (Wildman–Crippen LogP) is 4.49. The number of amides is 1. The Morgan fingerprint density at radius 2 is 1.80 bits per heavy atom. The molecule has 0 spiro atoms. The molecule has 0 aliphatic rings. The van der Waals surface area contributed by atoms with E-state index in [0.717, 1.165) is 23.3 Å². The van der Waals surface area contributed by atoms with Crippen molar-refractivity contribution in [2.45, 2.75) is 13.8 Å². The standard InChI is InChI=1S/C15H12ClF2NO/c1-8-5-9(2)14(11(16)6-8)19-15(20)10-3-4-12(17)13(18)7-10/h3-7H,1-2H3,(H,19,20). The van der Waals surface area contributed by atoms with Crippen molar-refractivity contribution in [3.8, 4) is 0 Å². The number of halogens is 3. The molecule has 2 rings (SSSR count). The monoisotopic (exact) mass is 295 g/mol. The van der Waals surface area contributed by atoms with Gasteiger partial charge in [0.15, 0.2) is 11.6 Å². The number of anilines is 1. The van der Waals surface area contributed by atoms with E-state index in [1.807, 2.05) is 13.0 Å². The van der Waals surface area contributed by atoms with E-state index in [4.69, 9.17) is 11.6 Å². The van der Waals surface area contributed by atoms with E-state index in [0.29, 0.717) is 10.7 Å². The maximum atomic E-state index is 13.1. The second kappa shape index (κ2) is 5.59. The Morgan fingerprint density at radius 1 is 1.10 bits per heavy atom. The molecule has 0 saturated heterocycles. The van der Waals surface area contributed by atoms with Gasteiger partial charge in [0.2, 0.25) is 0 Å². The minimum absolute atomic E-state index is 0.0277. The number of carbonyl (C=O) groups is 1. The maximum Gasteiger partial charge on any atom is 0.255 e. The van der Waals surface area contributed by atoms with Crippen molar-refractivity contribution in [3.05, 3.63) is 63.7 Å². The first-order valence-electron chi connectivity index (χ1n) is 5.91. The first-order valence-corrected chi connectivity index (χ1v) is 6.29. The largest absolute Gasteiger partial charge is 0.320 e. The average molecular weight is 296 g/mol. The van der Waals surface area contributed by atoms with E-state index >= 15 is 0 Å². The van der Waals surface area contributed by atoms with Crippen LogP contribution in [0.5, 0.6) is 0 Å². The van der Waals surface area contributed by atoms with Crippen LogP contribution in [0, 0.1) is 25.5 Å². The van der Waals surface area contributed by atoms with Crippen LogP contribution in [0.25, 0.3) is 0 Å². The highest BCUT2D eigenvalue weighted by atomic mass is 35.5. The molecular weight excluding hydrogens is 284 g/mol. The molecule has 0 aliphatic heterocycles. The number of nitrogens with one attached hydrogen (secondary N) is 1.